The molecule has 0 bridgehead atoms. The van der Waals surface area contributed by atoms with Gasteiger partial charge in [0.15, 0.2) is 0 Å². The van der Waals surface area contributed by atoms with Gasteiger partial charge >= 0.3 is 11.9 Å². The van der Waals surface area contributed by atoms with E-state index in [1.54, 1.807) is 4.57 Å². The lowest BCUT2D eigenvalue weighted by Crippen LogP contribution is -2.41. The highest BCUT2D eigenvalue weighted by Gasteiger charge is 2.33. The summed E-state index contributed by atoms with van der Waals surface area (Å²) in [4.78, 5) is 13.9. The maximum atomic E-state index is 12.8. The van der Waals surface area contributed by atoms with E-state index in [1.807, 2.05) is 0 Å². The van der Waals surface area contributed by atoms with E-state index >= 15 is 0 Å². The maximum absolute atomic E-state index is 12.8. The Bertz CT molecular complexity index is 844. The van der Waals surface area contributed by atoms with Crippen LogP contribution in [0, 0.1) is 5.92 Å². The lowest BCUT2D eigenvalue weighted by Gasteiger charge is -2.37. The van der Waals surface area contributed by atoms with Gasteiger partial charge in [0.25, 0.3) is 0 Å². The fraction of sp³-hybridized carbons (Fsp3) is 0.556. The van der Waals surface area contributed by atoms with Crippen molar-refractivity contribution in [3.8, 4) is 0 Å². The van der Waals surface area contributed by atoms with Crippen LogP contribution in [0.2, 0.25) is 0 Å². The van der Waals surface area contributed by atoms with Crippen LogP contribution < -0.4 is 5.69 Å². The number of alkyl halides is 3. The van der Waals surface area contributed by atoms with Gasteiger partial charge in [-0.25, -0.2) is 9.89 Å². The van der Waals surface area contributed by atoms with Gasteiger partial charge in [-0.2, -0.15) is 18.3 Å². The van der Waals surface area contributed by atoms with Gasteiger partial charge in [0.05, 0.1) is 18.2 Å². The van der Waals surface area contributed by atoms with E-state index < -0.39 is 11.7 Å². The number of aromatic amines is 1. The van der Waals surface area contributed by atoms with Crippen LogP contribution in [-0.2, 0) is 24.0 Å². The Labute approximate surface area is 153 Å². The number of rotatable bonds is 3. The predicted octanol–water partition coefficient (Wildman–Crippen LogP) is 2.57. The second kappa shape index (κ2) is 7.12. The molecule has 1 N–H and O–H groups in total. The molecule has 2 atom stereocenters. The van der Waals surface area contributed by atoms with Crippen molar-refractivity contribution >= 4 is 0 Å². The summed E-state index contributed by atoms with van der Waals surface area (Å²) in [7, 11) is 0. The molecule has 146 valence electrons. The number of ether oxygens (including phenoxy) is 1. The number of fused-ring (bicyclic) bond motifs is 1. The molecule has 1 fully saturated rings. The van der Waals surface area contributed by atoms with Gasteiger partial charge in [-0.15, -0.1) is 0 Å². The first kappa shape index (κ1) is 18.2. The number of H-pyrrole nitrogens is 1. The molecule has 3 heterocycles. The highest BCUT2D eigenvalue weighted by atomic mass is 19.4. The molecule has 4 rings (SSSR count). The summed E-state index contributed by atoms with van der Waals surface area (Å²) in [5.41, 5.74) is -0.0548. The van der Waals surface area contributed by atoms with Crippen molar-refractivity contribution in [1.29, 1.82) is 0 Å². The van der Waals surface area contributed by atoms with Crippen LogP contribution in [0.1, 0.15) is 35.9 Å². The smallest absolute Gasteiger partial charge is 0.373 e. The quantitative estimate of drug-likeness (QED) is 0.886. The number of aromatic nitrogens is 3. The van der Waals surface area contributed by atoms with Crippen LogP contribution in [0.15, 0.2) is 29.1 Å². The summed E-state index contributed by atoms with van der Waals surface area (Å²) in [6.07, 6.45) is -2.67. The minimum atomic E-state index is -4.33. The molecule has 0 amide bonds. The molecule has 0 unspecified atom stereocenters. The Morgan fingerprint density at radius 3 is 2.74 bits per heavy atom. The summed E-state index contributed by atoms with van der Waals surface area (Å²) in [5.74, 6) is 0.904. The Hall–Kier alpha value is -2.13. The van der Waals surface area contributed by atoms with Gasteiger partial charge in [-0.3, -0.25) is 9.47 Å². The van der Waals surface area contributed by atoms with E-state index in [0.717, 1.165) is 43.6 Å². The second-order valence-corrected chi connectivity index (χ2v) is 7.15. The van der Waals surface area contributed by atoms with E-state index in [0.29, 0.717) is 25.5 Å². The van der Waals surface area contributed by atoms with E-state index in [1.165, 1.54) is 12.1 Å². The topological polar surface area (TPSA) is 63.2 Å². The average molecular weight is 382 g/mol. The van der Waals surface area contributed by atoms with Crippen LogP contribution in [0.3, 0.4) is 0 Å². The number of halogens is 3. The van der Waals surface area contributed by atoms with Crippen LogP contribution in [0.25, 0.3) is 0 Å². The Morgan fingerprint density at radius 1 is 1.22 bits per heavy atom. The predicted molar refractivity (Wildman–Crippen MR) is 91.0 cm³/mol. The van der Waals surface area contributed by atoms with E-state index in [4.69, 9.17) is 4.74 Å². The third kappa shape index (κ3) is 3.79. The van der Waals surface area contributed by atoms with Crippen molar-refractivity contribution in [1.82, 2.24) is 19.7 Å². The highest BCUT2D eigenvalue weighted by Crippen LogP contribution is 2.36. The van der Waals surface area contributed by atoms with Crippen molar-refractivity contribution in [2.75, 3.05) is 19.7 Å². The summed E-state index contributed by atoms with van der Waals surface area (Å²) in [6, 6.07) is 5.28. The van der Waals surface area contributed by atoms with Crippen LogP contribution >= 0.6 is 0 Å². The lowest BCUT2D eigenvalue weighted by molar-refractivity contribution is -0.137. The van der Waals surface area contributed by atoms with Gasteiger partial charge < -0.3 is 4.74 Å². The maximum Gasteiger partial charge on any atom is 0.416 e. The normalized spacial score (nSPS) is 24.0. The number of nitrogens with zero attached hydrogens (tertiary/aromatic N) is 3. The number of benzene rings is 1. The van der Waals surface area contributed by atoms with E-state index in [-0.39, 0.29) is 17.7 Å². The Kier molecular flexibility index (Phi) is 4.81. The summed E-state index contributed by atoms with van der Waals surface area (Å²) >= 11 is 0. The average Bonchev–Trinajstić information content (AvgIpc) is 3.02. The molecule has 0 aliphatic carbocycles. The van der Waals surface area contributed by atoms with Crippen molar-refractivity contribution in [3.63, 3.8) is 0 Å². The Morgan fingerprint density at radius 2 is 2.00 bits per heavy atom. The molecule has 1 saturated heterocycles. The molecular weight excluding hydrogens is 361 g/mol. The van der Waals surface area contributed by atoms with Gasteiger partial charge in [0, 0.05) is 32.2 Å². The molecule has 1 aromatic heterocycles. The first-order valence-electron chi connectivity index (χ1n) is 9.07. The Balaban J connectivity index is 1.47. The SMILES string of the molecule is O=c1[nH]nc2n1CCN(C[C@@H]1CCCO[C@H]1c1ccc(C(F)(F)F)cc1)C2. The van der Waals surface area contributed by atoms with Gasteiger partial charge in [0.1, 0.15) is 5.82 Å². The largest absolute Gasteiger partial charge is 0.416 e. The van der Waals surface area contributed by atoms with Gasteiger partial charge in [-0.1, -0.05) is 12.1 Å². The fourth-order valence-corrected chi connectivity index (χ4v) is 3.97. The standard InChI is InChI=1S/C18H21F3N4O2/c19-18(20,21)14-5-3-12(4-6-14)16-13(2-1-9-27-16)10-24-7-8-25-15(11-24)22-23-17(25)26/h3-6,13,16H,1-2,7-11H2,(H,23,26)/t13-,16-/m0/s1. The molecule has 9 heteroatoms. The third-order valence-electron chi connectivity index (χ3n) is 5.35. The van der Waals surface area contributed by atoms with E-state index in [2.05, 4.69) is 15.1 Å². The zero-order chi connectivity index (χ0) is 19.0. The van der Waals surface area contributed by atoms with Crippen molar-refractivity contribution < 1.29 is 17.9 Å². The van der Waals surface area contributed by atoms with Gasteiger partial charge in [0.2, 0.25) is 0 Å². The monoisotopic (exact) mass is 382 g/mol. The molecule has 6 nitrogen and oxygen atoms in total. The zero-order valence-electron chi connectivity index (χ0n) is 14.7. The molecule has 2 aliphatic rings. The summed E-state index contributed by atoms with van der Waals surface area (Å²) < 4.78 is 46.0. The highest BCUT2D eigenvalue weighted by molar-refractivity contribution is 5.26. The molecular formula is C18H21F3N4O2. The number of nitrogens with one attached hydrogen (secondary N) is 1. The van der Waals surface area contributed by atoms with Crippen molar-refractivity contribution in [2.45, 2.75) is 38.2 Å². The molecule has 0 spiro atoms. The van der Waals surface area contributed by atoms with Crippen molar-refractivity contribution in [2.24, 2.45) is 5.92 Å². The van der Waals surface area contributed by atoms with Crippen molar-refractivity contribution in [3.05, 3.63) is 51.7 Å². The summed E-state index contributed by atoms with van der Waals surface area (Å²) in [6.45, 7) is 3.27. The second-order valence-electron chi connectivity index (χ2n) is 7.15. The number of hydrogen-bond donors (Lipinski definition) is 1. The summed E-state index contributed by atoms with van der Waals surface area (Å²) in [5, 5.41) is 6.52. The van der Waals surface area contributed by atoms with Crippen LogP contribution in [0.5, 0.6) is 0 Å². The molecule has 2 aromatic rings. The van der Waals surface area contributed by atoms with Crippen LogP contribution in [0.4, 0.5) is 13.2 Å². The minimum Gasteiger partial charge on any atom is -0.373 e. The molecule has 27 heavy (non-hydrogen) atoms. The minimum absolute atomic E-state index is 0.187. The lowest BCUT2D eigenvalue weighted by atomic mass is 9.88. The molecule has 2 aliphatic heterocycles. The molecule has 1 aromatic carbocycles. The van der Waals surface area contributed by atoms with E-state index in [9.17, 15) is 18.0 Å². The number of hydrogen-bond acceptors (Lipinski definition) is 4. The molecule has 0 saturated carbocycles. The molecule has 0 radical (unpaired) electrons. The first-order valence-corrected chi connectivity index (χ1v) is 9.07. The zero-order valence-corrected chi connectivity index (χ0v) is 14.7. The van der Waals surface area contributed by atoms with Crippen LogP contribution in [-0.4, -0.2) is 39.4 Å². The fourth-order valence-electron chi connectivity index (χ4n) is 3.97. The third-order valence-corrected chi connectivity index (χ3v) is 5.35. The first-order chi connectivity index (χ1) is 12.9. The van der Waals surface area contributed by atoms with Gasteiger partial charge in [-0.05, 0) is 30.5 Å².